The van der Waals surface area contributed by atoms with Crippen molar-refractivity contribution in [2.75, 3.05) is 0 Å². The Hall–Kier alpha value is -0.840. The number of rotatable bonds is 2. The van der Waals surface area contributed by atoms with Crippen LogP contribution in [0.2, 0.25) is 0 Å². The molecule has 0 unspecified atom stereocenters. The first-order chi connectivity index (χ1) is 6.70. The molecule has 0 spiro atoms. The van der Waals surface area contributed by atoms with Crippen LogP contribution >= 0.6 is 15.9 Å². The predicted molar refractivity (Wildman–Crippen MR) is 52.4 cm³/mol. The second-order valence-corrected chi connectivity index (χ2v) is 4.29. The molecule has 0 amide bonds. The summed E-state index contributed by atoms with van der Waals surface area (Å²) in [6.45, 7) is 0. The molecule has 0 bridgehead atoms. The lowest BCUT2D eigenvalue weighted by Crippen LogP contribution is -1.97. The minimum absolute atomic E-state index is 0.0214. The van der Waals surface area contributed by atoms with E-state index in [0.717, 1.165) is 12.8 Å². The summed E-state index contributed by atoms with van der Waals surface area (Å²) in [6.07, 6.45) is 4.49. The normalized spacial score (nSPS) is 17.5. The third-order valence-electron chi connectivity index (χ3n) is 2.59. The third kappa shape index (κ3) is 1.56. The van der Waals surface area contributed by atoms with Gasteiger partial charge in [-0.3, -0.25) is 0 Å². The van der Waals surface area contributed by atoms with E-state index in [1.807, 2.05) is 0 Å². The van der Waals surface area contributed by atoms with E-state index in [1.54, 1.807) is 0 Å². The maximum absolute atomic E-state index is 10.7. The Bertz CT molecular complexity index is 355. The van der Waals surface area contributed by atoms with Gasteiger partial charge in [-0.05, 0) is 28.8 Å². The lowest BCUT2D eigenvalue weighted by atomic mass is 10.1. The zero-order valence-electron chi connectivity index (χ0n) is 7.49. The van der Waals surface area contributed by atoms with E-state index in [-0.39, 0.29) is 5.69 Å². The van der Waals surface area contributed by atoms with Crippen LogP contribution in [0.4, 0.5) is 0 Å². The highest BCUT2D eigenvalue weighted by Crippen LogP contribution is 2.38. The van der Waals surface area contributed by atoms with Crippen LogP contribution in [0.25, 0.3) is 0 Å². The molecule has 14 heavy (non-hydrogen) atoms. The predicted octanol–water partition coefficient (Wildman–Crippen LogP) is 2.79. The van der Waals surface area contributed by atoms with Crippen LogP contribution in [0.15, 0.2) is 9.00 Å². The number of carbonyl (C=O) groups is 1. The molecule has 5 heteroatoms. The zero-order chi connectivity index (χ0) is 10.1. The van der Waals surface area contributed by atoms with Gasteiger partial charge in [0.1, 0.15) is 0 Å². The first-order valence-electron chi connectivity index (χ1n) is 4.58. The molecule has 0 saturated heterocycles. The van der Waals surface area contributed by atoms with Gasteiger partial charge in [0.25, 0.3) is 0 Å². The topological polar surface area (TPSA) is 63.3 Å². The number of halogens is 1. The van der Waals surface area contributed by atoms with Crippen molar-refractivity contribution in [3.63, 3.8) is 0 Å². The second-order valence-electron chi connectivity index (χ2n) is 3.50. The molecule has 1 fully saturated rings. The molecule has 1 aromatic heterocycles. The van der Waals surface area contributed by atoms with Crippen LogP contribution in [0.5, 0.6) is 0 Å². The van der Waals surface area contributed by atoms with Crippen molar-refractivity contribution >= 4 is 21.9 Å². The first-order valence-corrected chi connectivity index (χ1v) is 5.38. The molecule has 1 heterocycles. The molecule has 2 rings (SSSR count). The van der Waals surface area contributed by atoms with Gasteiger partial charge in [-0.1, -0.05) is 18.0 Å². The van der Waals surface area contributed by atoms with Gasteiger partial charge in [-0.25, -0.2) is 4.79 Å². The van der Waals surface area contributed by atoms with Crippen LogP contribution in [-0.4, -0.2) is 16.2 Å². The molecule has 1 saturated carbocycles. The summed E-state index contributed by atoms with van der Waals surface area (Å²) >= 11 is 3.22. The summed E-state index contributed by atoms with van der Waals surface area (Å²) in [5.41, 5.74) is -0.0214. The number of carboxylic acid groups (broad SMARTS) is 1. The van der Waals surface area contributed by atoms with Crippen molar-refractivity contribution in [2.45, 2.75) is 31.6 Å². The van der Waals surface area contributed by atoms with E-state index < -0.39 is 5.97 Å². The molecule has 4 nitrogen and oxygen atoms in total. The number of hydrogen-bond donors (Lipinski definition) is 1. The SMILES string of the molecule is O=C(O)c1noc(C2CCCC2)c1Br. The van der Waals surface area contributed by atoms with Crippen molar-refractivity contribution < 1.29 is 14.4 Å². The summed E-state index contributed by atoms with van der Waals surface area (Å²) in [5.74, 6) is -0.0188. The molecular weight excluding hydrogens is 250 g/mol. The van der Waals surface area contributed by atoms with Gasteiger partial charge in [0, 0.05) is 5.92 Å². The number of hydrogen-bond acceptors (Lipinski definition) is 3. The largest absolute Gasteiger partial charge is 0.476 e. The van der Waals surface area contributed by atoms with Crippen molar-refractivity contribution in [3.8, 4) is 0 Å². The van der Waals surface area contributed by atoms with E-state index in [4.69, 9.17) is 9.63 Å². The second kappa shape index (κ2) is 3.73. The molecule has 1 aliphatic rings. The van der Waals surface area contributed by atoms with Crippen molar-refractivity contribution in [3.05, 3.63) is 15.9 Å². The highest BCUT2D eigenvalue weighted by Gasteiger charge is 2.27. The molecule has 1 aliphatic carbocycles. The van der Waals surface area contributed by atoms with Crippen molar-refractivity contribution in [1.82, 2.24) is 5.16 Å². The van der Waals surface area contributed by atoms with E-state index >= 15 is 0 Å². The number of aromatic nitrogens is 1. The van der Waals surface area contributed by atoms with Gasteiger partial charge < -0.3 is 9.63 Å². The average molecular weight is 260 g/mol. The summed E-state index contributed by atoms with van der Waals surface area (Å²) in [7, 11) is 0. The molecule has 0 aromatic carbocycles. The lowest BCUT2D eigenvalue weighted by molar-refractivity contribution is 0.0684. The van der Waals surface area contributed by atoms with E-state index in [2.05, 4.69) is 21.1 Å². The van der Waals surface area contributed by atoms with Crippen LogP contribution in [0, 0.1) is 0 Å². The van der Waals surface area contributed by atoms with Gasteiger partial charge >= 0.3 is 5.97 Å². The fourth-order valence-corrected chi connectivity index (χ4v) is 2.50. The highest BCUT2D eigenvalue weighted by molar-refractivity contribution is 9.10. The number of nitrogens with zero attached hydrogens (tertiary/aromatic N) is 1. The number of carboxylic acids is 1. The molecule has 1 N–H and O–H groups in total. The van der Waals surface area contributed by atoms with Crippen LogP contribution in [-0.2, 0) is 0 Å². The molecule has 0 aliphatic heterocycles. The Labute approximate surface area is 89.4 Å². The zero-order valence-corrected chi connectivity index (χ0v) is 9.08. The van der Waals surface area contributed by atoms with Gasteiger partial charge in [-0.2, -0.15) is 0 Å². The van der Waals surface area contributed by atoms with Crippen LogP contribution in [0.1, 0.15) is 47.8 Å². The Morgan fingerprint density at radius 1 is 1.50 bits per heavy atom. The maximum atomic E-state index is 10.7. The summed E-state index contributed by atoms with van der Waals surface area (Å²) in [5, 5.41) is 12.3. The quantitative estimate of drug-likeness (QED) is 0.887. The summed E-state index contributed by atoms with van der Waals surface area (Å²) in [6, 6.07) is 0. The highest BCUT2D eigenvalue weighted by atomic mass is 79.9. The van der Waals surface area contributed by atoms with Crippen LogP contribution < -0.4 is 0 Å². The Morgan fingerprint density at radius 2 is 2.14 bits per heavy atom. The maximum Gasteiger partial charge on any atom is 0.359 e. The minimum atomic E-state index is -1.05. The van der Waals surface area contributed by atoms with Gasteiger partial charge in [0.15, 0.2) is 5.76 Å². The van der Waals surface area contributed by atoms with Crippen LogP contribution in [0.3, 0.4) is 0 Å². The fraction of sp³-hybridized carbons (Fsp3) is 0.556. The molecule has 0 atom stereocenters. The molecular formula is C9H10BrNO3. The molecule has 1 aromatic rings. The van der Waals surface area contributed by atoms with E-state index in [1.165, 1.54) is 12.8 Å². The Balaban J connectivity index is 2.30. The van der Waals surface area contributed by atoms with E-state index in [0.29, 0.717) is 16.2 Å². The Kier molecular flexibility index (Phi) is 2.58. The van der Waals surface area contributed by atoms with E-state index in [9.17, 15) is 4.79 Å². The van der Waals surface area contributed by atoms with Gasteiger partial charge in [-0.15, -0.1) is 0 Å². The summed E-state index contributed by atoms with van der Waals surface area (Å²) in [4.78, 5) is 10.7. The average Bonchev–Trinajstić information content (AvgIpc) is 2.71. The minimum Gasteiger partial charge on any atom is -0.476 e. The lowest BCUT2D eigenvalue weighted by Gasteiger charge is -2.02. The standard InChI is InChI=1S/C9H10BrNO3/c10-6-7(9(12)13)11-14-8(6)5-3-1-2-4-5/h5H,1-4H2,(H,12,13). The smallest absolute Gasteiger partial charge is 0.359 e. The van der Waals surface area contributed by atoms with Crippen molar-refractivity contribution in [1.29, 1.82) is 0 Å². The van der Waals surface area contributed by atoms with Gasteiger partial charge in [0.2, 0.25) is 5.69 Å². The Morgan fingerprint density at radius 3 is 2.64 bits per heavy atom. The van der Waals surface area contributed by atoms with Crippen molar-refractivity contribution in [2.24, 2.45) is 0 Å². The third-order valence-corrected chi connectivity index (χ3v) is 3.35. The molecule has 0 radical (unpaired) electrons. The van der Waals surface area contributed by atoms with Gasteiger partial charge in [0.05, 0.1) is 4.47 Å². The first kappa shape index (κ1) is 9.71. The monoisotopic (exact) mass is 259 g/mol. The number of aromatic carboxylic acids is 1. The fourth-order valence-electron chi connectivity index (χ4n) is 1.87. The molecule has 76 valence electrons. The summed E-state index contributed by atoms with van der Waals surface area (Å²) < 4.78 is 5.57.